The van der Waals surface area contributed by atoms with Gasteiger partial charge in [0.2, 0.25) is 0 Å². The normalized spacial score (nSPS) is 15.1. The standard InChI is InChI=1S/C65H61N3/c1-44-18-14-15-23-54(44)57-38-62(50-28-31-56-55-24-16-17-25-58(55)65(6,7)59(56)37-50)66-41-51(57)27-26-45-34-46(39-63(2,3)52-29-32-60(67-42-52)48-19-10-8-11-20-48)36-47(35-45)40-64(4,5)53-30-33-61(68-43-53)49-21-12-9-13-22-49/h8-25,28-38,41-43H,26-27,39-40H2,1-7H3/i1D3,26D2,27D2. The third kappa shape index (κ3) is 8.98. The fourth-order valence-electron chi connectivity index (χ4n) is 10.1. The lowest BCUT2D eigenvalue weighted by atomic mass is 9.77. The lowest BCUT2D eigenvalue weighted by molar-refractivity contribution is 0.512. The first-order valence-electron chi connectivity index (χ1n) is 27.1. The topological polar surface area (TPSA) is 38.7 Å². The van der Waals surface area contributed by atoms with Crippen LogP contribution in [-0.4, -0.2) is 15.0 Å². The van der Waals surface area contributed by atoms with Gasteiger partial charge in [-0.2, -0.15) is 0 Å². The van der Waals surface area contributed by atoms with Crippen LogP contribution in [0.15, 0.2) is 195 Å². The molecule has 9 aromatic rings. The molecule has 1 aliphatic rings. The van der Waals surface area contributed by atoms with Gasteiger partial charge in [0.15, 0.2) is 0 Å². The number of hydrogen-bond acceptors (Lipinski definition) is 3. The highest BCUT2D eigenvalue weighted by Gasteiger charge is 2.35. The van der Waals surface area contributed by atoms with E-state index in [0.29, 0.717) is 24.1 Å². The molecular formula is C65H61N3. The van der Waals surface area contributed by atoms with E-state index in [0.717, 1.165) is 61.5 Å². The van der Waals surface area contributed by atoms with Crippen molar-refractivity contribution in [2.45, 2.75) is 90.2 Å². The smallest absolute Gasteiger partial charge is 0.0708 e. The molecule has 3 nitrogen and oxygen atoms in total. The summed E-state index contributed by atoms with van der Waals surface area (Å²) in [6, 6.07) is 57.1. The Labute approximate surface area is 413 Å². The fourth-order valence-corrected chi connectivity index (χ4v) is 10.1. The van der Waals surface area contributed by atoms with Gasteiger partial charge in [-0.15, -0.1) is 0 Å². The molecule has 3 aromatic heterocycles. The zero-order chi connectivity index (χ0) is 53.1. The lowest BCUT2D eigenvalue weighted by Gasteiger charge is -2.28. The largest absolute Gasteiger partial charge is 0.256 e. The van der Waals surface area contributed by atoms with Crippen molar-refractivity contribution >= 4 is 0 Å². The molecule has 1 aliphatic carbocycles. The minimum absolute atomic E-state index is 0.0385. The molecule has 336 valence electrons. The molecule has 6 aromatic carbocycles. The molecule has 68 heavy (non-hydrogen) atoms. The van der Waals surface area contributed by atoms with Gasteiger partial charge < -0.3 is 0 Å². The fraction of sp³-hybridized carbons (Fsp3) is 0.215. The summed E-state index contributed by atoms with van der Waals surface area (Å²) in [7, 11) is 0. The average molecular weight is 891 g/mol. The van der Waals surface area contributed by atoms with Gasteiger partial charge in [-0.25, -0.2) is 0 Å². The predicted molar refractivity (Wildman–Crippen MR) is 284 cm³/mol. The Morgan fingerprint density at radius 2 is 0.971 bits per heavy atom. The molecule has 0 saturated carbocycles. The molecule has 3 heteroatoms. The number of benzene rings is 6. The zero-order valence-corrected chi connectivity index (χ0v) is 39.7. The van der Waals surface area contributed by atoms with Gasteiger partial charge in [-0.3, -0.25) is 15.0 Å². The van der Waals surface area contributed by atoms with Crippen molar-refractivity contribution in [3.05, 3.63) is 245 Å². The number of aryl methyl sites for hydroxylation is 3. The Morgan fingerprint density at radius 3 is 1.56 bits per heavy atom. The van der Waals surface area contributed by atoms with E-state index >= 15 is 0 Å². The van der Waals surface area contributed by atoms with Gasteiger partial charge in [-0.1, -0.05) is 193 Å². The number of hydrogen-bond donors (Lipinski definition) is 0. The number of pyridine rings is 3. The second kappa shape index (κ2) is 18.1. The monoisotopic (exact) mass is 891 g/mol. The molecule has 0 amide bonds. The van der Waals surface area contributed by atoms with Crippen molar-refractivity contribution in [3.63, 3.8) is 0 Å². The highest BCUT2D eigenvalue weighted by atomic mass is 14.7. The van der Waals surface area contributed by atoms with E-state index in [9.17, 15) is 5.48 Å². The van der Waals surface area contributed by atoms with Crippen LogP contribution in [0.25, 0.3) is 56.0 Å². The van der Waals surface area contributed by atoms with Crippen molar-refractivity contribution < 1.29 is 9.60 Å². The van der Waals surface area contributed by atoms with E-state index in [1.807, 2.05) is 97.3 Å². The van der Waals surface area contributed by atoms with Crippen molar-refractivity contribution in [1.29, 1.82) is 0 Å². The first-order valence-corrected chi connectivity index (χ1v) is 23.6. The summed E-state index contributed by atoms with van der Waals surface area (Å²) < 4.78 is 66.1. The molecule has 3 heterocycles. The van der Waals surface area contributed by atoms with E-state index in [4.69, 9.17) is 19.1 Å². The predicted octanol–water partition coefficient (Wildman–Crippen LogP) is 16.0. The van der Waals surface area contributed by atoms with Gasteiger partial charge in [-0.05, 0) is 140 Å². The van der Waals surface area contributed by atoms with Gasteiger partial charge in [0.1, 0.15) is 0 Å². The SMILES string of the molecule is [2H]C([2H])([2H])c1ccccc1-c1cc(-c2ccc3c(c2)C(C)(C)c2ccccc2-3)ncc1C([2H])([2H])C([2H])([2H])c1cc(CC(C)(C)c2ccc(-c3ccccc3)nc2)cc(CC(C)(C)c2ccc(-c3ccccc3)nc2)c1. The van der Waals surface area contributed by atoms with E-state index in [2.05, 4.69) is 90.1 Å². The number of rotatable bonds is 13. The average Bonchev–Trinajstić information content (AvgIpc) is 3.63. The highest BCUT2D eigenvalue weighted by molar-refractivity contribution is 5.84. The molecule has 0 spiro atoms. The Bertz CT molecular complexity index is 3430. The summed E-state index contributed by atoms with van der Waals surface area (Å²) in [4.78, 5) is 14.6. The van der Waals surface area contributed by atoms with Crippen LogP contribution in [-0.2, 0) is 41.8 Å². The van der Waals surface area contributed by atoms with Crippen molar-refractivity contribution in [1.82, 2.24) is 15.0 Å². The van der Waals surface area contributed by atoms with Crippen molar-refractivity contribution in [2.24, 2.45) is 0 Å². The summed E-state index contributed by atoms with van der Waals surface area (Å²) in [6.07, 6.45) is 0.844. The van der Waals surface area contributed by atoms with E-state index in [-0.39, 0.29) is 27.7 Å². The Morgan fingerprint density at radius 1 is 0.441 bits per heavy atom. The molecular weight excluding hydrogens is 823 g/mol. The minimum atomic E-state index is -2.74. The molecule has 0 saturated heterocycles. The maximum Gasteiger partial charge on any atom is 0.0708 e. The molecule has 0 unspecified atom stereocenters. The van der Waals surface area contributed by atoms with Crippen LogP contribution < -0.4 is 0 Å². The van der Waals surface area contributed by atoms with Gasteiger partial charge >= 0.3 is 0 Å². The van der Waals surface area contributed by atoms with Crippen molar-refractivity contribution in [2.75, 3.05) is 0 Å². The van der Waals surface area contributed by atoms with E-state index < -0.39 is 30.4 Å². The number of aromatic nitrogens is 3. The van der Waals surface area contributed by atoms with Crippen LogP contribution in [0.2, 0.25) is 0 Å². The summed E-state index contributed by atoms with van der Waals surface area (Å²) in [5.41, 5.74) is 13.0. The van der Waals surface area contributed by atoms with E-state index in [1.54, 1.807) is 42.5 Å². The maximum atomic E-state index is 10.1. The van der Waals surface area contributed by atoms with Gasteiger partial charge in [0.05, 0.1) is 17.1 Å². The number of nitrogens with zero attached hydrogens (tertiary/aromatic N) is 3. The van der Waals surface area contributed by atoms with Crippen LogP contribution >= 0.6 is 0 Å². The Kier molecular flexibility index (Phi) is 9.81. The van der Waals surface area contributed by atoms with Crippen molar-refractivity contribution in [3.8, 4) is 56.0 Å². The second-order valence-corrected chi connectivity index (χ2v) is 20.1. The van der Waals surface area contributed by atoms with Gasteiger partial charge in [0, 0.05) is 50.3 Å². The molecule has 10 rings (SSSR count). The minimum Gasteiger partial charge on any atom is -0.256 e. The molecule has 0 fully saturated rings. The lowest BCUT2D eigenvalue weighted by Crippen LogP contribution is -2.23. The Hall–Kier alpha value is -7.23. The van der Waals surface area contributed by atoms with Crippen LogP contribution in [0.4, 0.5) is 0 Å². The number of fused-ring (bicyclic) bond motifs is 3. The van der Waals surface area contributed by atoms with Crippen LogP contribution in [0.3, 0.4) is 0 Å². The maximum absolute atomic E-state index is 10.1. The molecule has 0 atom stereocenters. The first kappa shape index (κ1) is 36.8. The van der Waals surface area contributed by atoms with Crippen LogP contribution in [0, 0.1) is 6.85 Å². The summed E-state index contributed by atoms with van der Waals surface area (Å²) in [6.45, 7) is 10.5. The molecule has 0 N–H and O–H groups in total. The Balaban J connectivity index is 1.07. The first-order chi connectivity index (χ1) is 35.5. The van der Waals surface area contributed by atoms with Crippen LogP contribution in [0.1, 0.15) is 101 Å². The molecule has 0 bridgehead atoms. The third-order valence-electron chi connectivity index (χ3n) is 13.9. The summed E-state index contributed by atoms with van der Waals surface area (Å²) in [5, 5.41) is 0. The molecule has 0 radical (unpaired) electrons. The molecule has 0 aliphatic heterocycles. The quantitative estimate of drug-likeness (QED) is 0.116. The summed E-state index contributed by atoms with van der Waals surface area (Å²) >= 11 is 0. The van der Waals surface area contributed by atoms with Gasteiger partial charge in [0.25, 0.3) is 0 Å². The summed E-state index contributed by atoms with van der Waals surface area (Å²) in [5.74, 6) is 0. The highest BCUT2D eigenvalue weighted by Crippen LogP contribution is 2.49. The zero-order valence-electron chi connectivity index (χ0n) is 46.7. The van der Waals surface area contributed by atoms with E-state index in [1.165, 1.54) is 17.3 Å². The van der Waals surface area contributed by atoms with Crippen LogP contribution in [0.5, 0.6) is 0 Å². The third-order valence-corrected chi connectivity index (χ3v) is 13.9. The second-order valence-electron chi connectivity index (χ2n) is 20.1.